The molecular formula is C21H17N5OS. The first-order valence-corrected chi connectivity index (χ1v) is 10.1. The maximum atomic E-state index is 5.46. The molecule has 7 heteroatoms. The highest BCUT2D eigenvalue weighted by Gasteiger charge is 2.24. The Morgan fingerprint density at radius 3 is 2.89 bits per heavy atom. The molecule has 0 spiro atoms. The standard InChI is InChI=1S/C21H17N5OS/c1-2-5-14(6-3-1)11-25-9-8-15-17(12-25)28-21-18(15)20-23-19(16-7-4-10-27-16)24-26(20)13-22-21/h1-7,10,13H,8-9,11-12H2. The molecule has 5 heterocycles. The summed E-state index contributed by atoms with van der Waals surface area (Å²) in [5.74, 6) is 1.27. The summed E-state index contributed by atoms with van der Waals surface area (Å²) in [6.07, 6.45) is 4.40. The molecule has 1 aliphatic rings. The highest BCUT2D eigenvalue weighted by atomic mass is 32.1. The molecular weight excluding hydrogens is 370 g/mol. The van der Waals surface area contributed by atoms with Crippen molar-refractivity contribution in [1.82, 2.24) is 24.5 Å². The molecule has 0 amide bonds. The number of benzene rings is 1. The van der Waals surface area contributed by atoms with Crippen molar-refractivity contribution in [2.75, 3.05) is 6.54 Å². The molecule has 0 saturated heterocycles. The van der Waals surface area contributed by atoms with Crippen molar-refractivity contribution in [3.63, 3.8) is 0 Å². The maximum absolute atomic E-state index is 5.46. The molecule has 0 bridgehead atoms. The summed E-state index contributed by atoms with van der Waals surface area (Å²) in [6.45, 7) is 2.97. The van der Waals surface area contributed by atoms with Gasteiger partial charge in [-0.05, 0) is 29.7 Å². The van der Waals surface area contributed by atoms with Gasteiger partial charge in [0.05, 0.1) is 11.6 Å². The normalized spacial score (nSPS) is 14.7. The van der Waals surface area contributed by atoms with Crippen LogP contribution in [-0.4, -0.2) is 31.0 Å². The molecule has 0 radical (unpaired) electrons. The fourth-order valence-electron chi connectivity index (χ4n) is 3.93. The molecule has 5 aromatic rings. The van der Waals surface area contributed by atoms with Crippen LogP contribution in [0.5, 0.6) is 0 Å². The van der Waals surface area contributed by atoms with Crippen LogP contribution in [0.1, 0.15) is 16.0 Å². The van der Waals surface area contributed by atoms with Crippen molar-refractivity contribution in [3.8, 4) is 11.6 Å². The van der Waals surface area contributed by atoms with E-state index < -0.39 is 0 Å². The van der Waals surface area contributed by atoms with Crippen molar-refractivity contribution in [1.29, 1.82) is 0 Å². The van der Waals surface area contributed by atoms with E-state index in [0.717, 1.165) is 41.9 Å². The molecule has 0 saturated carbocycles. The molecule has 28 heavy (non-hydrogen) atoms. The van der Waals surface area contributed by atoms with E-state index in [9.17, 15) is 0 Å². The van der Waals surface area contributed by atoms with Crippen molar-refractivity contribution in [2.45, 2.75) is 19.5 Å². The fourth-order valence-corrected chi connectivity index (χ4v) is 5.16. The zero-order valence-electron chi connectivity index (χ0n) is 15.1. The van der Waals surface area contributed by atoms with Crippen molar-refractivity contribution in [2.24, 2.45) is 0 Å². The first-order chi connectivity index (χ1) is 13.8. The van der Waals surface area contributed by atoms with Crippen molar-refractivity contribution in [3.05, 3.63) is 71.1 Å². The van der Waals surface area contributed by atoms with Gasteiger partial charge in [-0.15, -0.1) is 16.4 Å². The van der Waals surface area contributed by atoms with E-state index in [-0.39, 0.29) is 0 Å². The third-order valence-electron chi connectivity index (χ3n) is 5.25. The quantitative estimate of drug-likeness (QED) is 0.465. The lowest BCUT2D eigenvalue weighted by Crippen LogP contribution is -2.29. The van der Waals surface area contributed by atoms with E-state index >= 15 is 0 Å². The predicted octanol–water partition coefficient (Wildman–Crippen LogP) is 4.16. The first-order valence-electron chi connectivity index (χ1n) is 9.31. The Kier molecular flexibility index (Phi) is 3.57. The Balaban J connectivity index is 1.40. The molecule has 0 N–H and O–H groups in total. The van der Waals surface area contributed by atoms with Gasteiger partial charge in [-0.3, -0.25) is 4.90 Å². The molecule has 0 atom stereocenters. The first kappa shape index (κ1) is 16.0. The molecule has 4 aromatic heterocycles. The van der Waals surface area contributed by atoms with Crippen LogP contribution >= 0.6 is 11.3 Å². The van der Waals surface area contributed by atoms with Gasteiger partial charge < -0.3 is 4.42 Å². The molecule has 6 nitrogen and oxygen atoms in total. The van der Waals surface area contributed by atoms with Crippen LogP contribution in [-0.2, 0) is 19.5 Å². The largest absolute Gasteiger partial charge is 0.461 e. The zero-order valence-corrected chi connectivity index (χ0v) is 15.9. The SMILES string of the molecule is c1ccc(CN2CCc3c(sc4ncn5nc(-c6ccco6)nc5c34)C2)cc1. The van der Waals surface area contributed by atoms with Crippen LogP contribution in [0.25, 0.3) is 27.4 Å². The van der Waals surface area contributed by atoms with Gasteiger partial charge in [0.1, 0.15) is 11.2 Å². The van der Waals surface area contributed by atoms with E-state index in [4.69, 9.17) is 9.40 Å². The van der Waals surface area contributed by atoms with Crippen molar-refractivity contribution < 1.29 is 4.42 Å². The summed E-state index contributed by atoms with van der Waals surface area (Å²) in [5, 5.41) is 5.69. The Bertz CT molecular complexity index is 1270. The average Bonchev–Trinajstić information content (AvgIpc) is 3.45. The van der Waals surface area contributed by atoms with E-state index in [0.29, 0.717) is 11.6 Å². The average molecular weight is 387 g/mol. The molecule has 0 unspecified atom stereocenters. The Labute approximate surface area is 165 Å². The number of hydrogen-bond acceptors (Lipinski definition) is 6. The van der Waals surface area contributed by atoms with Crippen LogP contribution in [0.4, 0.5) is 0 Å². The van der Waals surface area contributed by atoms with Gasteiger partial charge in [-0.25, -0.2) is 14.5 Å². The lowest BCUT2D eigenvalue weighted by molar-refractivity contribution is 0.249. The van der Waals surface area contributed by atoms with Crippen molar-refractivity contribution >= 4 is 27.2 Å². The third-order valence-corrected chi connectivity index (χ3v) is 6.37. The van der Waals surface area contributed by atoms with E-state index in [1.54, 1.807) is 28.4 Å². The summed E-state index contributed by atoms with van der Waals surface area (Å²) < 4.78 is 7.23. The predicted molar refractivity (Wildman–Crippen MR) is 108 cm³/mol. The third kappa shape index (κ3) is 2.55. The number of rotatable bonds is 3. The van der Waals surface area contributed by atoms with Gasteiger partial charge in [-0.2, -0.15) is 0 Å². The Hall–Kier alpha value is -3.03. The molecule has 138 valence electrons. The Morgan fingerprint density at radius 1 is 1.11 bits per heavy atom. The summed E-state index contributed by atoms with van der Waals surface area (Å²) in [5.41, 5.74) is 3.60. The van der Waals surface area contributed by atoms with Crippen LogP contribution in [0.2, 0.25) is 0 Å². The van der Waals surface area contributed by atoms with Gasteiger partial charge in [0.2, 0.25) is 5.82 Å². The van der Waals surface area contributed by atoms with E-state index in [2.05, 4.69) is 45.3 Å². The number of fused-ring (bicyclic) bond motifs is 5. The minimum absolute atomic E-state index is 0.598. The lowest BCUT2D eigenvalue weighted by Gasteiger charge is -2.26. The van der Waals surface area contributed by atoms with E-state index in [1.807, 2.05) is 12.1 Å². The number of thiophene rings is 1. The second-order valence-electron chi connectivity index (χ2n) is 7.06. The summed E-state index contributed by atoms with van der Waals surface area (Å²) in [7, 11) is 0. The lowest BCUT2D eigenvalue weighted by atomic mass is 10.0. The highest BCUT2D eigenvalue weighted by Crippen LogP contribution is 2.36. The monoisotopic (exact) mass is 387 g/mol. The second kappa shape index (κ2) is 6.25. The van der Waals surface area contributed by atoms with Crippen LogP contribution in [0, 0.1) is 0 Å². The van der Waals surface area contributed by atoms with Gasteiger partial charge in [0.25, 0.3) is 0 Å². The topological polar surface area (TPSA) is 59.5 Å². The van der Waals surface area contributed by atoms with Crippen LogP contribution < -0.4 is 0 Å². The number of nitrogens with zero attached hydrogens (tertiary/aromatic N) is 5. The minimum Gasteiger partial charge on any atom is -0.461 e. The number of aromatic nitrogens is 4. The van der Waals surface area contributed by atoms with E-state index in [1.165, 1.54) is 16.0 Å². The molecule has 0 aliphatic carbocycles. The molecule has 6 rings (SSSR count). The van der Waals surface area contributed by atoms with Gasteiger partial charge in [0.15, 0.2) is 11.4 Å². The molecule has 0 fully saturated rings. The smallest absolute Gasteiger partial charge is 0.217 e. The maximum Gasteiger partial charge on any atom is 0.217 e. The number of hydrogen-bond donors (Lipinski definition) is 0. The van der Waals surface area contributed by atoms with Gasteiger partial charge in [-0.1, -0.05) is 30.3 Å². The number of furan rings is 1. The minimum atomic E-state index is 0.598. The van der Waals surface area contributed by atoms with Gasteiger partial charge in [0, 0.05) is 24.5 Å². The summed E-state index contributed by atoms with van der Waals surface area (Å²) >= 11 is 1.78. The molecule has 1 aliphatic heterocycles. The fraction of sp³-hybridized carbons (Fsp3) is 0.190. The second-order valence-corrected chi connectivity index (χ2v) is 8.14. The van der Waals surface area contributed by atoms with Crippen LogP contribution in [0.3, 0.4) is 0 Å². The highest BCUT2D eigenvalue weighted by molar-refractivity contribution is 7.19. The zero-order chi connectivity index (χ0) is 18.5. The van der Waals surface area contributed by atoms with Gasteiger partial charge >= 0.3 is 0 Å². The molecule has 1 aromatic carbocycles. The summed E-state index contributed by atoms with van der Waals surface area (Å²) in [4.78, 5) is 14.3. The summed E-state index contributed by atoms with van der Waals surface area (Å²) in [6, 6.07) is 14.4. The van der Waals surface area contributed by atoms with Crippen LogP contribution in [0.15, 0.2) is 59.5 Å². The Morgan fingerprint density at radius 2 is 2.04 bits per heavy atom.